The summed E-state index contributed by atoms with van der Waals surface area (Å²) in [7, 11) is 0. The lowest BCUT2D eigenvalue weighted by atomic mass is 10.1. The summed E-state index contributed by atoms with van der Waals surface area (Å²) in [6.07, 6.45) is 0.858. The number of hydrogen-bond donors (Lipinski definition) is 1. The Kier molecular flexibility index (Phi) is 2.39. The fourth-order valence-electron chi connectivity index (χ4n) is 1.61. The molecular formula is C10H13NO3. The van der Waals surface area contributed by atoms with Crippen molar-refractivity contribution in [2.75, 3.05) is 6.61 Å². The highest BCUT2D eigenvalue weighted by Gasteiger charge is 2.27. The van der Waals surface area contributed by atoms with E-state index in [4.69, 9.17) is 9.47 Å². The Morgan fingerprint density at radius 1 is 1.71 bits per heavy atom. The normalized spacial score (nSPS) is 19.5. The highest BCUT2D eigenvalue weighted by Crippen LogP contribution is 2.36. The number of nitrogens with zero attached hydrogens (tertiary/aromatic N) is 1. The topological polar surface area (TPSA) is 51.6 Å². The predicted molar refractivity (Wildman–Crippen MR) is 49.9 cm³/mol. The Hall–Kier alpha value is -1.13. The van der Waals surface area contributed by atoms with Crippen molar-refractivity contribution in [2.24, 2.45) is 0 Å². The summed E-state index contributed by atoms with van der Waals surface area (Å²) in [5, 5.41) is 9.58. The van der Waals surface area contributed by atoms with Gasteiger partial charge in [0.2, 0.25) is 0 Å². The van der Waals surface area contributed by atoms with E-state index in [1.807, 2.05) is 13.8 Å². The molecule has 1 aromatic rings. The molecule has 76 valence electrons. The molecule has 2 rings (SSSR count). The largest absolute Gasteiger partial charge is 0.491 e. The Morgan fingerprint density at radius 2 is 2.50 bits per heavy atom. The summed E-state index contributed by atoms with van der Waals surface area (Å²) in [6.45, 7) is 4.73. The summed E-state index contributed by atoms with van der Waals surface area (Å²) in [5.41, 5.74) is 2.43. The molecule has 0 saturated heterocycles. The predicted octanol–water partition coefficient (Wildman–Crippen LogP) is 1.31. The fourth-order valence-corrected chi connectivity index (χ4v) is 1.61. The first-order valence-corrected chi connectivity index (χ1v) is 4.65. The molecule has 1 aliphatic rings. The van der Waals surface area contributed by atoms with Crippen molar-refractivity contribution < 1.29 is 14.6 Å². The van der Waals surface area contributed by atoms with Crippen molar-refractivity contribution in [3.8, 4) is 5.75 Å². The van der Waals surface area contributed by atoms with E-state index in [1.165, 1.54) is 0 Å². The third kappa shape index (κ3) is 1.36. The number of ether oxygens (including phenoxy) is 2. The zero-order valence-electron chi connectivity index (χ0n) is 8.28. The average molecular weight is 195 g/mol. The first kappa shape index (κ1) is 9.43. The van der Waals surface area contributed by atoms with E-state index in [-0.39, 0.29) is 0 Å². The van der Waals surface area contributed by atoms with Gasteiger partial charge in [-0.05, 0) is 13.8 Å². The van der Waals surface area contributed by atoms with Gasteiger partial charge in [-0.2, -0.15) is 0 Å². The van der Waals surface area contributed by atoms with Crippen LogP contribution in [0.5, 0.6) is 5.75 Å². The second kappa shape index (κ2) is 3.55. The molecule has 1 aromatic heterocycles. The van der Waals surface area contributed by atoms with Crippen molar-refractivity contribution in [2.45, 2.75) is 26.7 Å². The zero-order chi connectivity index (χ0) is 10.1. The number of pyridine rings is 1. The van der Waals surface area contributed by atoms with Gasteiger partial charge < -0.3 is 14.6 Å². The zero-order valence-corrected chi connectivity index (χ0v) is 8.28. The highest BCUT2D eigenvalue weighted by atomic mass is 16.6. The number of aliphatic hydroxyl groups is 1. The molecule has 4 heteroatoms. The first-order valence-electron chi connectivity index (χ1n) is 4.65. The summed E-state index contributed by atoms with van der Waals surface area (Å²) < 4.78 is 10.5. The van der Waals surface area contributed by atoms with Gasteiger partial charge >= 0.3 is 0 Å². The molecule has 0 spiro atoms. The van der Waals surface area contributed by atoms with E-state index < -0.39 is 6.29 Å². The number of aryl methyl sites for hydroxylation is 1. The van der Waals surface area contributed by atoms with Crippen LogP contribution in [0.15, 0.2) is 6.20 Å². The molecule has 2 heterocycles. The van der Waals surface area contributed by atoms with Crippen LogP contribution in [0.4, 0.5) is 0 Å². The monoisotopic (exact) mass is 195 g/mol. The van der Waals surface area contributed by atoms with Crippen LogP contribution in [-0.4, -0.2) is 16.7 Å². The van der Waals surface area contributed by atoms with Gasteiger partial charge in [0, 0.05) is 11.8 Å². The fraction of sp³-hybridized carbons (Fsp3) is 0.500. The van der Waals surface area contributed by atoms with Gasteiger partial charge in [0.1, 0.15) is 5.75 Å². The number of fused-ring (bicyclic) bond motifs is 1. The quantitative estimate of drug-likeness (QED) is 0.773. The maximum absolute atomic E-state index is 9.58. The molecule has 0 aromatic carbocycles. The van der Waals surface area contributed by atoms with Crippen LogP contribution in [0.3, 0.4) is 0 Å². The standard InChI is InChI=1S/C10H13NO3/c1-3-13-9-6(2)11-4-7-5-14-10(12)8(7)9/h4,10,12H,3,5H2,1-2H3. The van der Waals surface area contributed by atoms with Gasteiger partial charge in [0.25, 0.3) is 0 Å². The molecule has 1 unspecified atom stereocenters. The molecule has 0 fully saturated rings. The minimum absolute atomic E-state index is 0.407. The van der Waals surface area contributed by atoms with Gasteiger partial charge in [-0.25, -0.2) is 0 Å². The number of hydrogen-bond acceptors (Lipinski definition) is 4. The Labute approximate surface area is 82.5 Å². The van der Waals surface area contributed by atoms with Crippen LogP contribution in [-0.2, 0) is 11.3 Å². The van der Waals surface area contributed by atoms with Gasteiger partial charge in [-0.1, -0.05) is 0 Å². The molecule has 1 aliphatic heterocycles. The molecule has 0 aliphatic carbocycles. The molecule has 4 nitrogen and oxygen atoms in total. The van der Waals surface area contributed by atoms with Crippen LogP contribution in [0, 0.1) is 6.92 Å². The lowest BCUT2D eigenvalue weighted by Gasteiger charge is -2.12. The maximum Gasteiger partial charge on any atom is 0.185 e. The van der Waals surface area contributed by atoms with E-state index >= 15 is 0 Å². The molecule has 0 saturated carbocycles. The third-order valence-electron chi connectivity index (χ3n) is 2.27. The lowest BCUT2D eigenvalue weighted by Crippen LogP contribution is -2.03. The summed E-state index contributed by atoms with van der Waals surface area (Å²) >= 11 is 0. The van der Waals surface area contributed by atoms with E-state index in [9.17, 15) is 5.11 Å². The summed E-state index contributed by atoms with van der Waals surface area (Å²) in [4.78, 5) is 4.19. The maximum atomic E-state index is 9.58. The van der Waals surface area contributed by atoms with Gasteiger partial charge in [0.05, 0.1) is 24.5 Å². The minimum Gasteiger partial charge on any atom is -0.491 e. The number of aliphatic hydroxyl groups excluding tert-OH is 1. The molecular weight excluding hydrogens is 182 g/mol. The summed E-state index contributed by atoms with van der Waals surface area (Å²) in [6, 6.07) is 0. The van der Waals surface area contributed by atoms with Crippen LogP contribution in [0.25, 0.3) is 0 Å². The van der Waals surface area contributed by atoms with Crippen LogP contribution in [0.2, 0.25) is 0 Å². The van der Waals surface area contributed by atoms with Crippen molar-refractivity contribution in [3.63, 3.8) is 0 Å². The highest BCUT2D eigenvalue weighted by molar-refractivity contribution is 5.44. The van der Waals surface area contributed by atoms with Crippen LogP contribution in [0.1, 0.15) is 30.0 Å². The van der Waals surface area contributed by atoms with Gasteiger partial charge in [-0.3, -0.25) is 4.98 Å². The molecule has 1 N–H and O–H groups in total. The van der Waals surface area contributed by atoms with Crippen LogP contribution < -0.4 is 4.74 Å². The third-order valence-corrected chi connectivity index (χ3v) is 2.27. The number of aromatic nitrogens is 1. The molecule has 0 bridgehead atoms. The van der Waals surface area contributed by atoms with Crippen molar-refractivity contribution in [1.29, 1.82) is 0 Å². The second-order valence-electron chi connectivity index (χ2n) is 3.21. The van der Waals surface area contributed by atoms with Crippen LogP contribution >= 0.6 is 0 Å². The average Bonchev–Trinajstić information content (AvgIpc) is 2.53. The Balaban J connectivity index is 2.50. The number of rotatable bonds is 2. The molecule has 14 heavy (non-hydrogen) atoms. The smallest absolute Gasteiger partial charge is 0.185 e. The Bertz CT molecular complexity index is 351. The van der Waals surface area contributed by atoms with Gasteiger partial charge in [-0.15, -0.1) is 0 Å². The molecule has 1 atom stereocenters. The second-order valence-corrected chi connectivity index (χ2v) is 3.21. The molecule has 0 radical (unpaired) electrons. The van der Waals surface area contributed by atoms with E-state index in [1.54, 1.807) is 6.20 Å². The van der Waals surface area contributed by atoms with E-state index in [0.717, 1.165) is 16.8 Å². The first-order chi connectivity index (χ1) is 6.74. The molecule has 0 amide bonds. The van der Waals surface area contributed by atoms with Crippen molar-refractivity contribution in [3.05, 3.63) is 23.0 Å². The SMILES string of the molecule is CCOc1c(C)ncc2c1C(O)OC2. The van der Waals surface area contributed by atoms with Crippen molar-refractivity contribution >= 4 is 0 Å². The van der Waals surface area contributed by atoms with Gasteiger partial charge in [0.15, 0.2) is 6.29 Å². The Morgan fingerprint density at radius 3 is 3.21 bits per heavy atom. The van der Waals surface area contributed by atoms with Crippen molar-refractivity contribution in [1.82, 2.24) is 4.98 Å². The van der Waals surface area contributed by atoms with E-state index in [2.05, 4.69) is 4.98 Å². The lowest BCUT2D eigenvalue weighted by molar-refractivity contribution is -0.0927. The minimum atomic E-state index is -0.867. The van der Waals surface area contributed by atoms with E-state index in [0.29, 0.717) is 19.0 Å². The summed E-state index contributed by atoms with van der Waals surface area (Å²) in [5.74, 6) is 0.662.